The second-order valence-corrected chi connectivity index (χ2v) is 5.99. The molecule has 0 aromatic heterocycles. The molecule has 9 heteroatoms. The molecule has 0 aliphatic rings. The van der Waals surface area contributed by atoms with Crippen LogP contribution in [0.15, 0.2) is 29.2 Å². The average Bonchev–Trinajstić information content (AvgIpc) is 2.38. The summed E-state index contributed by atoms with van der Waals surface area (Å²) >= 11 is 0. The first kappa shape index (κ1) is 17.1. The van der Waals surface area contributed by atoms with Gasteiger partial charge in [0.25, 0.3) is 5.91 Å². The van der Waals surface area contributed by atoms with Crippen molar-refractivity contribution in [3.05, 3.63) is 30.1 Å². The van der Waals surface area contributed by atoms with E-state index in [1.807, 2.05) is 0 Å². The fraction of sp³-hybridized carbons (Fsp3) is 0.333. The zero-order valence-corrected chi connectivity index (χ0v) is 12.2. The Labute approximate surface area is 121 Å². The number of ether oxygens (including phenoxy) is 1. The van der Waals surface area contributed by atoms with Gasteiger partial charge in [-0.05, 0) is 38.1 Å². The van der Waals surface area contributed by atoms with Gasteiger partial charge < -0.3 is 10.5 Å². The summed E-state index contributed by atoms with van der Waals surface area (Å²) < 4.78 is 43.4. The molecular weight excluding hydrogens is 303 g/mol. The number of hydrogen-bond acceptors (Lipinski definition) is 5. The third-order valence-electron chi connectivity index (χ3n) is 2.50. The highest BCUT2D eigenvalue weighted by Gasteiger charge is 2.25. The molecule has 116 valence electrons. The zero-order valence-electron chi connectivity index (χ0n) is 11.4. The predicted octanol–water partition coefficient (Wildman–Crippen LogP) is -0.0905. The molecule has 7 nitrogen and oxygen atoms in total. The Hall–Kier alpha value is -2.00. The lowest BCUT2D eigenvalue weighted by Crippen LogP contribution is -2.42. The lowest BCUT2D eigenvalue weighted by atomic mass is 10.3. The molecule has 0 fully saturated rings. The molecule has 1 amide bonds. The van der Waals surface area contributed by atoms with Crippen molar-refractivity contribution < 1.29 is 27.1 Å². The fourth-order valence-corrected chi connectivity index (χ4v) is 2.49. The van der Waals surface area contributed by atoms with E-state index in [2.05, 4.69) is 9.46 Å². The van der Waals surface area contributed by atoms with Gasteiger partial charge in [0.15, 0.2) is 6.10 Å². The van der Waals surface area contributed by atoms with Gasteiger partial charge in [-0.2, -0.15) is 4.72 Å². The van der Waals surface area contributed by atoms with Crippen LogP contribution in [-0.2, 0) is 24.3 Å². The fourth-order valence-electron chi connectivity index (χ4n) is 1.30. The highest BCUT2D eigenvalue weighted by Crippen LogP contribution is 2.10. The minimum Gasteiger partial charge on any atom is -0.451 e. The van der Waals surface area contributed by atoms with Crippen molar-refractivity contribution in [2.75, 3.05) is 0 Å². The molecule has 0 aliphatic heterocycles. The molecule has 1 aromatic rings. The highest BCUT2D eigenvalue weighted by atomic mass is 32.2. The third-order valence-corrected chi connectivity index (χ3v) is 4.06. The number of benzene rings is 1. The van der Waals surface area contributed by atoms with E-state index >= 15 is 0 Å². The van der Waals surface area contributed by atoms with Crippen LogP contribution in [0.2, 0.25) is 0 Å². The second-order valence-electron chi connectivity index (χ2n) is 4.28. The number of sulfonamides is 1. The number of esters is 1. The Balaban J connectivity index is 2.77. The number of nitrogens with two attached hydrogens (primary N) is 1. The average molecular weight is 318 g/mol. The number of primary amides is 1. The Kier molecular flexibility index (Phi) is 5.39. The van der Waals surface area contributed by atoms with Crippen LogP contribution >= 0.6 is 0 Å². The molecule has 0 spiro atoms. The Bertz CT molecular complexity index is 630. The van der Waals surface area contributed by atoms with Crippen molar-refractivity contribution in [2.45, 2.75) is 30.9 Å². The van der Waals surface area contributed by atoms with Crippen molar-refractivity contribution >= 4 is 21.9 Å². The molecule has 1 aromatic carbocycles. The van der Waals surface area contributed by atoms with E-state index in [4.69, 9.17) is 5.73 Å². The van der Waals surface area contributed by atoms with Crippen LogP contribution in [0.1, 0.15) is 13.8 Å². The van der Waals surface area contributed by atoms with Gasteiger partial charge in [-0.1, -0.05) is 0 Å². The molecule has 0 unspecified atom stereocenters. The van der Waals surface area contributed by atoms with Gasteiger partial charge in [0.05, 0.1) is 4.90 Å². The van der Waals surface area contributed by atoms with E-state index in [0.717, 1.165) is 24.3 Å². The largest absolute Gasteiger partial charge is 0.451 e. The van der Waals surface area contributed by atoms with Gasteiger partial charge in [0, 0.05) is 0 Å². The lowest BCUT2D eigenvalue weighted by molar-refractivity contribution is -0.155. The first-order chi connectivity index (χ1) is 9.63. The van der Waals surface area contributed by atoms with E-state index in [0.29, 0.717) is 0 Å². The Morgan fingerprint density at radius 2 is 1.76 bits per heavy atom. The molecule has 3 N–H and O–H groups in total. The predicted molar refractivity (Wildman–Crippen MR) is 70.9 cm³/mol. The van der Waals surface area contributed by atoms with Crippen molar-refractivity contribution in [3.8, 4) is 0 Å². The van der Waals surface area contributed by atoms with Crippen molar-refractivity contribution in [1.29, 1.82) is 0 Å². The van der Waals surface area contributed by atoms with E-state index < -0.39 is 39.9 Å². The summed E-state index contributed by atoms with van der Waals surface area (Å²) in [5.41, 5.74) is 4.93. The number of hydrogen-bond donors (Lipinski definition) is 2. The van der Waals surface area contributed by atoms with Crippen molar-refractivity contribution in [3.63, 3.8) is 0 Å². The number of nitrogens with one attached hydrogen (secondary N) is 1. The zero-order chi connectivity index (χ0) is 16.2. The lowest BCUT2D eigenvalue weighted by Gasteiger charge is -2.16. The summed E-state index contributed by atoms with van der Waals surface area (Å²) in [6, 6.07) is 2.84. The number of carbonyl (C=O) groups is 2. The molecule has 2 atom stereocenters. The Morgan fingerprint density at radius 3 is 2.24 bits per heavy atom. The maximum Gasteiger partial charge on any atom is 0.324 e. The Morgan fingerprint density at radius 1 is 1.24 bits per heavy atom. The third kappa shape index (κ3) is 4.80. The topological polar surface area (TPSA) is 116 Å². The van der Waals surface area contributed by atoms with Gasteiger partial charge in [0.1, 0.15) is 11.9 Å². The molecular formula is C12H15FN2O5S. The monoisotopic (exact) mass is 318 g/mol. The van der Waals surface area contributed by atoms with E-state index in [-0.39, 0.29) is 4.90 Å². The summed E-state index contributed by atoms with van der Waals surface area (Å²) in [4.78, 5) is 22.2. The number of rotatable bonds is 6. The van der Waals surface area contributed by atoms with Crippen LogP contribution in [-0.4, -0.2) is 32.4 Å². The SMILES string of the molecule is C[C@@H](NS(=O)(=O)c1ccc(F)cc1)C(=O)O[C@H](C)C(N)=O. The molecule has 0 saturated carbocycles. The quantitative estimate of drug-likeness (QED) is 0.711. The molecule has 0 heterocycles. The molecule has 0 radical (unpaired) electrons. The maximum absolute atomic E-state index is 12.8. The van der Waals surface area contributed by atoms with Crippen LogP contribution in [0.4, 0.5) is 4.39 Å². The highest BCUT2D eigenvalue weighted by molar-refractivity contribution is 7.89. The number of halogens is 1. The van der Waals surface area contributed by atoms with Gasteiger partial charge in [-0.25, -0.2) is 12.8 Å². The minimum absolute atomic E-state index is 0.202. The van der Waals surface area contributed by atoms with Gasteiger partial charge in [-0.15, -0.1) is 0 Å². The smallest absolute Gasteiger partial charge is 0.324 e. The van der Waals surface area contributed by atoms with Crippen LogP contribution in [0.3, 0.4) is 0 Å². The van der Waals surface area contributed by atoms with Crippen LogP contribution in [0.5, 0.6) is 0 Å². The summed E-state index contributed by atoms with van der Waals surface area (Å²) in [6.45, 7) is 2.51. The van der Waals surface area contributed by atoms with E-state index in [1.165, 1.54) is 13.8 Å². The van der Waals surface area contributed by atoms with Crippen molar-refractivity contribution in [2.24, 2.45) is 5.73 Å². The summed E-state index contributed by atoms with van der Waals surface area (Å²) in [5.74, 6) is -2.39. The normalized spacial score (nSPS) is 14.2. The van der Waals surface area contributed by atoms with E-state index in [9.17, 15) is 22.4 Å². The minimum atomic E-state index is -4.01. The standard InChI is InChI=1S/C12H15FN2O5S/c1-7(12(17)20-8(2)11(14)16)15-21(18,19)10-5-3-9(13)4-6-10/h3-8,15H,1-2H3,(H2,14,16)/t7-,8-/m1/s1. The van der Waals surface area contributed by atoms with Crippen LogP contribution < -0.4 is 10.5 Å². The van der Waals surface area contributed by atoms with E-state index in [1.54, 1.807) is 0 Å². The number of amides is 1. The van der Waals surface area contributed by atoms with Gasteiger partial charge in [-0.3, -0.25) is 9.59 Å². The molecule has 0 bridgehead atoms. The second kappa shape index (κ2) is 6.64. The maximum atomic E-state index is 12.8. The van der Waals surface area contributed by atoms with Crippen molar-refractivity contribution in [1.82, 2.24) is 4.72 Å². The van der Waals surface area contributed by atoms with Gasteiger partial charge in [0.2, 0.25) is 10.0 Å². The molecule has 1 rings (SSSR count). The van der Waals surface area contributed by atoms with Crippen LogP contribution in [0, 0.1) is 5.82 Å². The summed E-state index contributed by atoms with van der Waals surface area (Å²) in [7, 11) is -4.01. The number of carbonyl (C=O) groups excluding carboxylic acids is 2. The molecule has 21 heavy (non-hydrogen) atoms. The molecule has 0 aliphatic carbocycles. The van der Waals surface area contributed by atoms with Gasteiger partial charge >= 0.3 is 5.97 Å². The van der Waals surface area contributed by atoms with Crippen LogP contribution in [0.25, 0.3) is 0 Å². The summed E-state index contributed by atoms with van der Waals surface area (Å²) in [6.07, 6.45) is -1.17. The molecule has 0 saturated heterocycles. The summed E-state index contributed by atoms with van der Waals surface area (Å²) in [5, 5.41) is 0. The first-order valence-electron chi connectivity index (χ1n) is 5.91. The first-order valence-corrected chi connectivity index (χ1v) is 7.39.